The topological polar surface area (TPSA) is 97.3 Å². The van der Waals surface area contributed by atoms with Crippen molar-refractivity contribution in [2.75, 3.05) is 18.5 Å². The first-order valence-electron chi connectivity index (χ1n) is 6.08. The minimum atomic E-state index is -0.306. The second kappa shape index (κ2) is 7.62. The molecular weight excluding hydrogens is 230 g/mol. The molecule has 6 nitrogen and oxygen atoms in total. The van der Waals surface area contributed by atoms with Crippen LogP contribution in [0.5, 0.6) is 0 Å². The number of nitrogen functional groups attached to an aromatic ring is 1. The highest BCUT2D eigenvalue weighted by molar-refractivity contribution is 5.75. The highest BCUT2D eigenvalue weighted by Gasteiger charge is 2.08. The van der Waals surface area contributed by atoms with Gasteiger partial charge in [0.2, 0.25) is 5.91 Å². The zero-order valence-electron chi connectivity index (χ0n) is 10.7. The number of hydrogen-bond donors (Lipinski definition) is 3. The molecule has 1 amide bonds. The van der Waals surface area contributed by atoms with Crippen LogP contribution in [0.2, 0.25) is 0 Å². The van der Waals surface area contributed by atoms with Crippen molar-refractivity contribution in [2.45, 2.75) is 26.3 Å². The van der Waals surface area contributed by atoms with E-state index < -0.39 is 0 Å². The van der Waals surface area contributed by atoms with Crippen LogP contribution in [0.25, 0.3) is 0 Å². The molecule has 0 bridgehead atoms. The van der Waals surface area contributed by atoms with Crippen LogP contribution >= 0.6 is 0 Å². The third kappa shape index (κ3) is 5.11. The monoisotopic (exact) mass is 251 g/mol. The normalized spacial score (nSPS) is 10.6. The van der Waals surface area contributed by atoms with Gasteiger partial charge in [-0.15, -0.1) is 0 Å². The number of primary amides is 1. The van der Waals surface area contributed by atoms with Gasteiger partial charge in [-0.1, -0.05) is 19.4 Å². The van der Waals surface area contributed by atoms with Crippen LogP contribution in [0.1, 0.15) is 25.3 Å². The third-order valence-corrected chi connectivity index (χ3v) is 2.59. The predicted molar refractivity (Wildman–Crippen MR) is 71.4 cm³/mol. The number of carbonyl (C=O) groups excluding carboxylic acids is 1. The van der Waals surface area contributed by atoms with Crippen LogP contribution in [-0.4, -0.2) is 28.9 Å². The Kier molecular flexibility index (Phi) is 6.10. The van der Waals surface area contributed by atoms with E-state index in [1.807, 2.05) is 11.0 Å². The first-order valence-corrected chi connectivity index (χ1v) is 6.08. The highest BCUT2D eigenvalue weighted by Crippen LogP contribution is 2.07. The van der Waals surface area contributed by atoms with Gasteiger partial charge in [0.1, 0.15) is 5.82 Å². The van der Waals surface area contributed by atoms with Gasteiger partial charge in [0.05, 0.1) is 6.54 Å². The molecule has 0 aliphatic heterocycles. The Morgan fingerprint density at radius 3 is 2.78 bits per heavy atom. The molecule has 100 valence electrons. The number of hydrogen-bond acceptors (Lipinski definition) is 5. The number of unbranched alkanes of at least 4 members (excludes halogenated alkanes) is 1. The van der Waals surface area contributed by atoms with E-state index in [1.54, 1.807) is 12.3 Å². The van der Waals surface area contributed by atoms with Crippen LogP contribution in [0, 0.1) is 0 Å². The largest absolute Gasteiger partial charge is 0.369 e. The SMILES string of the molecule is CCCCN(CC(N)=O)Cc1ccc(NN)nc1. The molecule has 5 N–H and O–H groups in total. The number of hydrazine groups is 1. The average Bonchev–Trinajstić information content (AvgIpc) is 2.36. The maximum Gasteiger partial charge on any atom is 0.231 e. The van der Waals surface area contributed by atoms with Crippen molar-refractivity contribution in [1.82, 2.24) is 9.88 Å². The van der Waals surface area contributed by atoms with Crippen LogP contribution in [0.15, 0.2) is 18.3 Å². The fraction of sp³-hybridized carbons (Fsp3) is 0.500. The van der Waals surface area contributed by atoms with E-state index in [-0.39, 0.29) is 12.5 Å². The molecule has 0 atom stereocenters. The fourth-order valence-electron chi connectivity index (χ4n) is 1.68. The molecule has 0 spiro atoms. The molecule has 1 rings (SSSR count). The number of aromatic nitrogens is 1. The lowest BCUT2D eigenvalue weighted by Gasteiger charge is -2.20. The molecule has 0 saturated carbocycles. The summed E-state index contributed by atoms with van der Waals surface area (Å²) in [6, 6.07) is 3.74. The summed E-state index contributed by atoms with van der Waals surface area (Å²) in [4.78, 5) is 17.2. The Morgan fingerprint density at radius 1 is 1.50 bits per heavy atom. The third-order valence-electron chi connectivity index (χ3n) is 2.59. The van der Waals surface area contributed by atoms with E-state index >= 15 is 0 Å². The Hall–Kier alpha value is -1.66. The molecule has 6 heteroatoms. The summed E-state index contributed by atoms with van der Waals surface area (Å²) >= 11 is 0. The van der Waals surface area contributed by atoms with Crippen LogP contribution in [0.4, 0.5) is 5.82 Å². The molecule has 1 aromatic heterocycles. The van der Waals surface area contributed by atoms with Crippen molar-refractivity contribution in [3.63, 3.8) is 0 Å². The molecule has 0 aromatic carbocycles. The second-order valence-electron chi connectivity index (χ2n) is 4.23. The van der Waals surface area contributed by atoms with Crippen LogP contribution < -0.4 is 17.0 Å². The Bertz CT molecular complexity index is 365. The van der Waals surface area contributed by atoms with E-state index in [9.17, 15) is 4.79 Å². The fourth-order valence-corrected chi connectivity index (χ4v) is 1.68. The summed E-state index contributed by atoms with van der Waals surface area (Å²) in [6.45, 7) is 3.92. The molecule has 0 radical (unpaired) electrons. The Balaban J connectivity index is 2.59. The summed E-state index contributed by atoms with van der Waals surface area (Å²) in [5.74, 6) is 5.56. The van der Waals surface area contributed by atoms with E-state index in [4.69, 9.17) is 11.6 Å². The number of nitrogens with zero attached hydrogens (tertiary/aromatic N) is 2. The maximum absolute atomic E-state index is 11.0. The van der Waals surface area contributed by atoms with Crippen molar-refractivity contribution >= 4 is 11.7 Å². The number of pyridine rings is 1. The van der Waals surface area contributed by atoms with E-state index in [2.05, 4.69) is 17.3 Å². The molecule has 0 unspecified atom stereocenters. The number of amides is 1. The lowest BCUT2D eigenvalue weighted by atomic mass is 10.2. The zero-order chi connectivity index (χ0) is 13.4. The smallest absolute Gasteiger partial charge is 0.231 e. The number of carbonyl (C=O) groups is 1. The van der Waals surface area contributed by atoms with E-state index in [0.29, 0.717) is 12.4 Å². The Labute approximate surface area is 107 Å². The van der Waals surface area contributed by atoms with Crippen molar-refractivity contribution in [3.8, 4) is 0 Å². The van der Waals surface area contributed by atoms with Gasteiger partial charge in [-0.2, -0.15) is 0 Å². The Morgan fingerprint density at radius 2 is 2.28 bits per heavy atom. The molecule has 1 aromatic rings. The zero-order valence-corrected chi connectivity index (χ0v) is 10.7. The van der Waals surface area contributed by atoms with Crippen molar-refractivity contribution in [1.29, 1.82) is 0 Å². The quantitative estimate of drug-likeness (QED) is 0.460. The molecule has 18 heavy (non-hydrogen) atoms. The molecule has 1 heterocycles. The van der Waals surface area contributed by atoms with Gasteiger partial charge < -0.3 is 11.2 Å². The minimum Gasteiger partial charge on any atom is -0.369 e. The van der Waals surface area contributed by atoms with Crippen molar-refractivity contribution in [3.05, 3.63) is 23.9 Å². The molecule has 0 saturated heterocycles. The molecule has 0 fully saturated rings. The van der Waals surface area contributed by atoms with Crippen molar-refractivity contribution in [2.24, 2.45) is 11.6 Å². The standard InChI is InChI=1S/C12H21N5O/c1-2-3-6-17(9-11(13)18)8-10-4-5-12(16-14)15-7-10/h4-5,7H,2-3,6,8-9,14H2,1H3,(H2,13,18)(H,15,16). The van der Waals surface area contributed by atoms with Gasteiger partial charge in [-0.3, -0.25) is 9.69 Å². The predicted octanol–water partition coefficient (Wildman–Crippen LogP) is 0.455. The minimum absolute atomic E-state index is 0.275. The first-order chi connectivity index (χ1) is 8.65. The van der Waals surface area contributed by atoms with E-state index in [0.717, 1.165) is 24.9 Å². The van der Waals surface area contributed by atoms with Gasteiger partial charge in [0.15, 0.2) is 0 Å². The van der Waals surface area contributed by atoms with E-state index in [1.165, 1.54) is 0 Å². The lowest BCUT2D eigenvalue weighted by molar-refractivity contribution is -0.119. The first kappa shape index (κ1) is 14.4. The number of nitrogens with two attached hydrogens (primary N) is 2. The highest BCUT2D eigenvalue weighted by atomic mass is 16.1. The molecule has 0 aliphatic rings. The van der Waals surface area contributed by atoms with Gasteiger partial charge in [0, 0.05) is 12.7 Å². The number of rotatable bonds is 8. The van der Waals surface area contributed by atoms with Crippen LogP contribution in [0.3, 0.4) is 0 Å². The summed E-state index contributed by atoms with van der Waals surface area (Å²) in [6.07, 6.45) is 3.88. The lowest BCUT2D eigenvalue weighted by Crippen LogP contribution is -2.34. The molecular formula is C12H21N5O. The molecule has 0 aliphatic carbocycles. The van der Waals surface area contributed by atoms with Crippen molar-refractivity contribution < 1.29 is 4.79 Å². The summed E-state index contributed by atoms with van der Waals surface area (Å²) < 4.78 is 0. The summed E-state index contributed by atoms with van der Waals surface area (Å²) in [5.41, 5.74) is 8.75. The van der Waals surface area contributed by atoms with Gasteiger partial charge in [-0.05, 0) is 24.6 Å². The number of anilines is 1. The summed E-state index contributed by atoms with van der Waals surface area (Å²) in [7, 11) is 0. The van der Waals surface area contributed by atoms with Gasteiger partial charge in [-0.25, -0.2) is 10.8 Å². The second-order valence-corrected chi connectivity index (χ2v) is 4.23. The van der Waals surface area contributed by atoms with Gasteiger partial charge >= 0.3 is 0 Å². The number of nitrogens with one attached hydrogen (secondary N) is 1. The summed E-state index contributed by atoms with van der Waals surface area (Å²) in [5, 5.41) is 0. The van der Waals surface area contributed by atoms with Crippen LogP contribution in [-0.2, 0) is 11.3 Å². The van der Waals surface area contributed by atoms with Gasteiger partial charge in [0.25, 0.3) is 0 Å². The average molecular weight is 251 g/mol. The maximum atomic E-state index is 11.0.